The molecule has 0 amide bonds. The molecule has 3 nitrogen and oxygen atoms in total. The van der Waals surface area contributed by atoms with Gasteiger partial charge in [-0.2, -0.15) is 0 Å². The zero-order valence-corrected chi connectivity index (χ0v) is 14.4. The molecule has 0 fully saturated rings. The van der Waals surface area contributed by atoms with E-state index in [0.29, 0.717) is 23.1 Å². The molecule has 2 aromatic rings. The minimum atomic E-state index is -1.17. The van der Waals surface area contributed by atoms with Crippen molar-refractivity contribution in [3.8, 4) is 11.1 Å². The minimum Gasteiger partial charge on any atom is -0.466 e. The topological polar surface area (TPSA) is 46.5 Å². The highest BCUT2D eigenvalue weighted by molar-refractivity contribution is 5.69. The van der Waals surface area contributed by atoms with Crippen molar-refractivity contribution in [1.82, 2.24) is 0 Å². The van der Waals surface area contributed by atoms with Crippen molar-refractivity contribution in [2.24, 2.45) is 0 Å². The van der Waals surface area contributed by atoms with Crippen LogP contribution in [0.3, 0.4) is 0 Å². The highest BCUT2D eigenvalue weighted by Gasteiger charge is 2.23. The second kappa shape index (κ2) is 8.21. The summed E-state index contributed by atoms with van der Waals surface area (Å²) < 4.78 is 31.9. The third kappa shape index (κ3) is 5.10. The van der Waals surface area contributed by atoms with E-state index in [2.05, 4.69) is 0 Å². The largest absolute Gasteiger partial charge is 0.466 e. The molecule has 5 heteroatoms. The van der Waals surface area contributed by atoms with Crippen LogP contribution in [-0.2, 0) is 15.1 Å². The molecule has 0 aromatic heterocycles. The predicted octanol–water partition coefficient (Wildman–Crippen LogP) is 4.57. The number of carbonyl (C=O) groups excluding carboxylic acids is 1. The molecule has 0 saturated carbocycles. The summed E-state index contributed by atoms with van der Waals surface area (Å²) in [5.74, 6) is -1.54. The second-order valence-corrected chi connectivity index (χ2v) is 6.20. The fourth-order valence-corrected chi connectivity index (χ4v) is 2.52. The van der Waals surface area contributed by atoms with E-state index in [1.807, 2.05) is 6.92 Å². The number of benzene rings is 2. The van der Waals surface area contributed by atoms with E-state index in [4.69, 9.17) is 4.74 Å². The van der Waals surface area contributed by atoms with Gasteiger partial charge in [0.15, 0.2) is 0 Å². The molecule has 0 bridgehead atoms. The monoisotopic (exact) mass is 348 g/mol. The molecule has 25 heavy (non-hydrogen) atoms. The van der Waals surface area contributed by atoms with Gasteiger partial charge in [0.05, 0.1) is 12.2 Å². The summed E-state index contributed by atoms with van der Waals surface area (Å²) in [6.07, 6.45) is 1.34. The normalized spacial score (nSPS) is 13.3. The Morgan fingerprint density at radius 2 is 1.84 bits per heavy atom. The summed E-state index contributed by atoms with van der Waals surface area (Å²) in [7, 11) is 0. The molecule has 134 valence electrons. The van der Waals surface area contributed by atoms with E-state index in [9.17, 15) is 18.7 Å². The maximum atomic E-state index is 13.8. The fourth-order valence-electron chi connectivity index (χ4n) is 2.52. The van der Waals surface area contributed by atoms with Crippen molar-refractivity contribution >= 4 is 5.97 Å². The number of hydrogen-bond donors (Lipinski definition) is 1. The van der Waals surface area contributed by atoms with Gasteiger partial charge in [0.2, 0.25) is 0 Å². The van der Waals surface area contributed by atoms with Gasteiger partial charge in [0, 0.05) is 24.5 Å². The average Bonchev–Trinajstić information content (AvgIpc) is 2.55. The highest BCUT2D eigenvalue weighted by Crippen LogP contribution is 2.29. The van der Waals surface area contributed by atoms with Crippen LogP contribution < -0.4 is 0 Å². The maximum Gasteiger partial charge on any atom is 0.305 e. The van der Waals surface area contributed by atoms with Crippen LogP contribution in [0.4, 0.5) is 8.78 Å². The van der Waals surface area contributed by atoms with E-state index in [1.165, 1.54) is 12.1 Å². The second-order valence-electron chi connectivity index (χ2n) is 6.20. The van der Waals surface area contributed by atoms with Crippen LogP contribution in [0.1, 0.15) is 38.7 Å². The van der Waals surface area contributed by atoms with E-state index < -0.39 is 17.2 Å². The molecule has 1 N–H and O–H groups in total. The van der Waals surface area contributed by atoms with Gasteiger partial charge in [0.1, 0.15) is 11.6 Å². The number of carbonyl (C=O) groups is 1. The lowest BCUT2D eigenvalue weighted by Crippen LogP contribution is -2.24. The lowest BCUT2D eigenvalue weighted by atomic mass is 9.91. The van der Waals surface area contributed by atoms with Gasteiger partial charge in [-0.3, -0.25) is 4.79 Å². The smallest absolute Gasteiger partial charge is 0.305 e. The number of esters is 1. The van der Waals surface area contributed by atoms with Gasteiger partial charge < -0.3 is 9.84 Å². The van der Waals surface area contributed by atoms with Crippen LogP contribution in [0, 0.1) is 11.6 Å². The number of aliphatic hydroxyl groups is 1. The van der Waals surface area contributed by atoms with Gasteiger partial charge in [-0.1, -0.05) is 31.2 Å². The van der Waals surface area contributed by atoms with Gasteiger partial charge in [-0.25, -0.2) is 8.78 Å². The van der Waals surface area contributed by atoms with Crippen LogP contribution in [0.2, 0.25) is 0 Å². The molecular weight excluding hydrogens is 326 g/mol. The first-order valence-corrected chi connectivity index (χ1v) is 8.27. The van der Waals surface area contributed by atoms with E-state index in [0.717, 1.165) is 12.5 Å². The van der Waals surface area contributed by atoms with Crippen LogP contribution in [0.15, 0.2) is 42.5 Å². The molecule has 1 atom stereocenters. The van der Waals surface area contributed by atoms with Crippen molar-refractivity contribution in [2.75, 3.05) is 6.61 Å². The third-order valence-corrected chi connectivity index (χ3v) is 4.05. The Morgan fingerprint density at radius 1 is 1.16 bits per heavy atom. The SMILES string of the molecule is CCCC(=O)OCCC(C)(O)c1ccc(-c2ccc(F)cc2F)cc1. The van der Waals surface area contributed by atoms with Crippen molar-refractivity contribution in [2.45, 2.75) is 38.7 Å². The zero-order chi connectivity index (χ0) is 18.4. The first-order chi connectivity index (χ1) is 11.8. The van der Waals surface area contributed by atoms with Crippen LogP contribution in [-0.4, -0.2) is 17.7 Å². The summed E-state index contributed by atoms with van der Waals surface area (Å²) in [6, 6.07) is 10.1. The average molecular weight is 348 g/mol. The summed E-state index contributed by atoms with van der Waals surface area (Å²) in [5, 5.41) is 10.6. The Kier molecular flexibility index (Phi) is 6.26. The summed E-state index contributed by atoms with van der Waals surface area (Å²) >= 11 is 0. The molecule has 0 aliphatic rings. The molecule has 0 aliphatic carbocycles. The molecule has 2 aromatic carbocycles. The standard InChI is InChI=1S/C20H22F2O3/c1-3-4-19(23)25-12-11-20(2,24)15-7-5-14(6-8-15)17-10-9-16(21)13-18(17)22/h5-10,13,24H,3-4,11-12H2,1-2H3. The fraction of sp³-hybridized carbons (Fsp3) is 0.350. The van der Waals surface area contributed by atoms with Crippen molar-refractivity contribution in [3.63, 3.8) is 0 Å². The first-order valence-electron chi connectivity index (χ1n) is 8.27. The molecule has 0 radical (unpaired) electrons. The summed E-state index contributed by atoms with van der Waals surface area (Å²) in [4.78, 5) is 11.4. The number of halogens is 2. The number of hydrogen-bond acceptors (Lipinski definition) is 3. The first kappa shape index (κ1) is 19.1. The Labute approximate surface area is 146 Å². The third-order valence-electron chi connectivity index (χ3n) is 4.05. The van der Waals surface area contributed by atoms with Crippen LogP contribution >= 0.6 is 0 Å². The highest BCUT2D eigenvalue weighted by atomic mass is 19.1. The zero-order valence-electron chi connectivity index (χ0n) is 14.4. The van der Waals surface area contributed by atoms with Gasteiger partial charge in [-0.05, 0) is 36.6 Å². The Morgan fingerprint density at radius 3 is 2.44 bits per heavy atom. The van der Waals surface area contributed by atoms with Gasteiger partial charge >= 0.3 is 5.97 Å². The molecule has 0 spiro atoms. The van der Waals surface area contributed by atoms with Crippen molar-refractivity contribution in [3.05, 3.63) is 59.7 Å². The maximum absolute atomic E-state index is 13.8. The number of ether oxygens (including phenoxy) is 1. The van der Waals surface area contributed by atoms with E-state index >= 15 is 0 Å². The molecule has 2 rings (SSSR count). The molecular formula is C20H22F2O3. The molecule has 1 unspecified atom stereocenters. The Bertz CT molecular complexity index is 724. The van der Waals surface area contributed by atoms with Crippen molar-refractivity contribution < 1.29 is 23.4 Å². The Balaban J connectivity index is 2.06. The van der Waals surface area contributed by atoms with Gasteiger partial charge in [-0.15, -0.1) is 0 Å². The lowest BCUT2D eigenvalue weighted by Gasteiger charge is -2.24. The molecule has 0 heterocycles. The van der Waals surface area contributed by atoms with Crippen molar-refractivity contribution in [1.29, 1.82) is 0 Å². The van der Waals surface area contributed by atoms with Gasteiger partial charge in [0.25, 0.3) is 0 Å². The molecule has 0 saturated heterocycles. The summed E-state index contributed by atoms with van der Waals surface area (Å²) in [6.45, 7) is 3.65. The van der Waals surface area contributed by atoms with E-state index in [-0.39, 0.29) is 19.0 Å². The van der Waals surface area contributed by atoms with Crippen LogP contribution in [0.5, 0.6) is 0 Å². The predicted molar refractivity (Wildman–Crippen MR) is 91.8 cm³/mol. The molecule has 0 aliphatic heterocycles. The minimum absolute atomic E-state index is 0.125. The quantitative estimate of drug-likeness (QED) is 0.746. The van der Waals surface area contributed by atoms with E-state index in [1.54, 1.807) is 31.2 Å². The van der Waals surface area contributed by atoms with Crippen LogP contribution in [0.25, 0.3) is 11.1 Å². The summed E-state index contributed by atoms with van der Waals surface area (Å²) in [5.41, 5.74) is 0.338. The Hall–Kier alpha value is -2.27. The lowest BCUT2D eigenvalue weighted by molar-refractivity contribution is -0.145. The number of rotatable bonds is 7.